The molecule has 2 aromatic carbocycles. The van der Waals surface area contributed by atoms with Crippen LogP contribution in [0.15, 0.2) is 54.6 Å². The number of carbonyl (C=O) groups is 3. The average molecular weight is 420 g/mol. The summed E-state index contributed by atoms with van der Waals surface area (Å²) in [6.07, 6.45) is 2.95. The first-order chi connectivity index (χ1) is 14.6. The minimum Gasteiger partial charge on any atom is -0.451 e. The molecule has 1 spiro atoms. The van der Waals surface area contributed by atoms with Crippen molar-refractivity contribution in [1.29, 1.82) is 0 Å². The maximum absolute atomic E-state index is 13.2. The number of benzene rings is 2. The molecule has 0 atom stereocenters. The number of esters is 1. The molecule has 5 rings (SSSR count). The summed E-state index contributed by atoms with van der Waals surface area (Å²) >= 11 is 1.34. The van der Waals surface area contributed by atoms with Gasteiger partial charge in [-0.1, -0.05) is 43.2 Å². The van der Waals surface area contributed by atoms with E-state index < -0.39 is 18.1 Å². The summed E-state index contributed by atoms with van der Waals surface area (Å²) in [6, 6.07) is 16.7. The molecular formula is C23H20N2O4S. The zero-order valence-corrected chi connectivity index (χ0v) is 17.0. The molecular weight excluding hydrogens is 400 g/mol. The van der Waals surface area contributed by atoms with E-state index in [1.807, 2.05) is 42.5 Å². The molecule has 3 aromatic rings. The summed E-state index contributed by atoms with van der Waals surface area (Å²) in [5.41, 5.74) is 0.348. The first-order valence-corrected chi connectivity index (χ1v) is 10.8. The predicted molar refractivity (Wildman–Crippen MR) is 116 cm³/mol. The molecule has 152 valence electrons. The van der Waals surface area contributed by atoms with Crippen molar-refractivity contribution in [3.63, 3.8) is 0 Å². The van der Waals surface area contributed by atoms with E-state index in [0.29, 0.717) is 29.1 Å². The van der Waals surface area contributed by atoms with Crippen molar-refractivity contribution in [2.45, 2.75) is 31.2 Å². The Morgan fingerprint density at radius 1 is 1.07 bits per heavy atom. The minimum atomic E-state index is -0.907. The molecule has 1 fully saturated rings. The van der Waals surface area contributed by atoms with Gasteiger partial charge >= 0.3 is 5.97 Å². The molecule has 2 heterocycles. The summed E-state index contributed by atoms with van der Waals surface area (Å²) in [5.74, 6) is -1.07. The predicted octanol–water partition coefficient (Wildman–Crippen LogP) is 4.36. The molecule has 2 amide bonds. The van der Waals surface area contributed by atoms with Crippen LogP contribution in [-0.2, 0) is 14.3 Å². The second-order valence-corrected chi connectivity index (χ2v) is 8.75. The summed E-state index contributed by atoms with van der Waals surface area (Å²) in [6.45, 7) is -0.406. The number of nitrogens with zero attached hydrogens (tertiary/aromatic N) is 1. The fourth-order valence-electron chi connectivity index (χ4n) is 4.47. The van der Waals surface area contributed by atoms with Gasteiger partial charge in [0.1, 0.15) is 10.4 Å². The molecule has 1 aliphatic carbocycles. The van der Waals surface area contributed by atoms with Gasteiger partial charge in [0, 0.05) is 4.70 Å². The first-order valence-electron chi connectivity index (χ1n) is 9.98. The fraction of sp³-hybridized carbons (Fsp3) is 0.261. The fourth-order valence-corrected chi connectivity index (χ4v) is 5.43. The number of anilines is 2. The lowest BCUT2D eigenvalue weighted by Crippen LogP contribution is -2.61. The Labute approximate surface area is 177 Å². The number of ether oxygens (including phenoxy) is 1. The molecule has 1 saturated carbocycles. The van der Waals surface area contributed by atoms with E-state index in [4.69, 9.17) is 4.74 Å². The number of nitrogens with one attached hydrogen (secondary N) is 1. The second kappa shape index (κ2) is 7.25. The lowest BCUT2D eigenvalue weighted by Gasteiger charge is -2.44. The molecule has 0 radical (unpaired) electrons. The Balaban J connectivity index is 1.40. The standard InChI is InChI=1S/C23H20N2O4S/c26-20(14-29-21(27)19-13-15-7-1-4-10-18(15)30-19)25-17-9-3-2-8-16(17)24-22(28)23(25)11-5-6-12-23/h1-4,7-10,13H,5-6,11-12,14H2,(H,24,28). The van der Waals surface area contributed by atoms with Crippen LogP contribution in [-0.4, -0.2) is 29.9 Å². The van der Waals surface area contributed by atoms with Crippen molar-refractivity contribution in [3.8, 4) is 0 Å². The third-order valence-corrected chi connectivity index (χ3v) is 6.97. The monoisotopic (exact) mass is 420 g/mol. The average Bonchev–Trinajstić information content (AvgIpc) is 3.41. The Kier molecular flexibility index (Phi) is 4.55. The van der Waals surface area contributed by atoms with Gasteiger partial charge in [0.2, 0.25) is 0 Å². The number of para-hydroxylation sites is 2. The van der Waals surface area contributed by atoms with Crippen LogP contribution < -0.4 is 10.2 Å². The Morgan fingerprint density at radius 3 is 2.60 bits per heavy atom. The van der Waals surface area contributed by atoms with Gasteiger partial charge in [0.15, 0.2) is 6.61 Å². The van der Waals surface area contributed by atoms with Crippen molar-refractivity contribution in [2.24, 2.45) is 0 Å². The van der Waals surface area contributed by atoms with Gasteiger partial charge in [0.25, 0.3) is 11.8 Å². The van der Waals surface area contributed by atoms with Crippen LogP contribution in [0.2, 0.25) is 0 Å². The normalized spacial score (nSPS) is 17.1. The van der Waals surface area contributed by atoms with Crippen LogP contribution in [0.5, 0.6) is 0 Å². The number of hydrogen-bond donors (Lipinski definition) is 1. The third-order valence-electron chi connectivity index (χ3n) is 5.88. The molecule has 0 bridgehead atoms. The zero-order chi connectivity index (χ0) is 20.7. The van der Waals surface area contributed by atoms with Gasteiger partial charge in [-0.2, -0.15) is 0 Å². The van der Waals surface area contributed by atoms with E-state index in [0.717, 1.165) is 22.9 Å². The van der Waals surface area contributed by atoms with Crippen molar-refractivity contribution in [1.82, 2.24) is 0 Å². The topological polar surface area (TPSA) is 75.7 Å². The smallest absolute Gasteiger partial charge is 0.348 e. The number of rotatable bonds is 3. The highest BCUT2D eigenvalue weighted by atomic mass is 32.1. The quantitative estimate of drug-likeness (QED) is 0.639. The molecule has 1 N–H and O–H groups in total. The molecule has 6 nitrogen and oxygen atoms in total. The summed E-state index contributed by atoms with van der Waals surface area (Å²) in [4.78, 5) is 40.8. The van der Waals surface area contributed by atoms with E-state index in [2.05, 4.69) is 5.32 Å². The number of hydrogen-bond acceptors (Lipinski definition) is 5. The van der Waals surface area contributed by atoms with Gasteiger partial charge < -0.3 is 10.1 Å². The van der Waals surface area contributed by atoms with Crippen molar-refractivity contribution in [3.05, 3.63) is 59.5 Å². The van der Waals surface area contributed by atoms with E-state index in [9.17, 15) is 14.4 Å². The van der Waals surface area contributed by atoms with Crippen LogP contribution in [0, 0.1) is 0 Å². The highest BCUT2D eigenvalue weighted by molar-refractivity contribution is 7.20. The highest BCUT2D eigenvalue weighted by Crippen LogP contribution is 2.45. The maximum Gasteiger partial charge on any atom is 0.348 e. The van der Waals surface area contributed by atoms with Gasteiger partial charge in [-0.05, 0) is 42.5 Å². The first kappa shape index (κ1) is 18.8. The van der Waals surface area contributed by atoms with Crippen LogP contribution in [0.3, 0.4) is 0 Å². The van der Waals surface area contributed by atoms with Crippen LogP contribution in [0.1, 0.15) is 35.4 Å². The lowest BCUT2D eigenvalue weighted by atomic mass is 9.90. The molecule has 2 aliphatic rings. The van der Waals surface area contributed by atoms with E-state index in [1.165, 1.54) is 11.3 Å². The van der Waals surface area contributed by atoms with Crippen LogP contribution in [0.25, 0.3) is 10.1 Å². The highest BCUT2D eigenvalue weighted by Gasteiger charge is 2.52. The van der Waals surface area contributed by atoms with Gasteiger partial charge in [-0.25, -0.2) is 4.79 Å². The number of amides is 2. The van der Waals surface area contributed by atoms with Gasteiger partial charge in [-0.3, -0.25) is 14.5 Å². The number of fused-ring (bicyclic) bond motifs is 2. The second-order valence-electron chi connectivity index (χ2n) is 7.66. The van der Waals surface area contributed by atoms with Crippen molar-refractivity contribution in [2.75, 3.05) is 16.8 Å². The van der Waals surface area contributed by atoms with Crippen LogP contribution >= 0.6 is 11.3 Å². The molecule has 1 aromatic heterocycles. The molecule has 0 saturated heterocycles. The van der Waals surface area contributed by atoms with E-state index in [1.54, 1.807) is 17.0 Å². The third kappa shape index (κ3) is 2.97. The molecule has 0 unspecified atom stereocenters. The zero-order valence-electron chi connectivity index (χ0n) is 16.2. The number of thiophene rings is 1. The molecule has 30 heavy (non-hydrogen) atoms. The lowest BCUT2D eigenvalue weighted by molar-refractivity contribution is -0.129. The SMILES string of the molecule is O=C(OCC(=O)N1c2ccccc2NC(=O)C12CCCC2)c1cc2ccccc2s1. The largest absolute Gasteiger partial charge is 0.451 e. The van der Waals surface area contributed by atoms with Gasteiger partial charge in [-0.15, -0.1) is 11.3 Å². The summed E-state index contributed by atoms with van der Waals surface area (Å²) < 4.78 is 6.36. The van der Waals surface area contributed by atoms with Gasteiger partial charge in [0.05, 0.1) is 11.4 Å². The molecule has 7 heteroatoms. The minimum absolute atomic E-state index is 0.164. The maximum atomic E-state index is 13.2. The van der Waals surface area contributed by atoms with E-state index >= 15 is 0 Å². The number of carbonyl (C=O) groups excluding carboxylic acids is 3. The summed E-state index contributed by atoms with van der Waals surface area (Å²) in [5, 5.41) is 3.91. The molecule has 1 aliphatic heterocycles. The van der Waals surface area contributed by atoms with E-state index in [-0.39, 0.29) is 11.8 Å². The summed E-state index contributed by atoms with van der Waals surface area (Å²) in [7, 11) is 0. The van der Waals surface area contributed by atoms with Crippen molar-refractivity contribution < 1.29 is 19.1 Å². The Hall–Kier alpha value is -3.19. The van der Waals surface area contributed by atoms with Crippen molar-refractivity contribution >= 4 is 50.6 Å². The Morgan fingerprint density at radius 2 is 1.80 bits per heavy atom. The Bertz CT molecular complexity index is 1130. The van der Waals surface area contributed by atoms with Crippen LogP contribution in [0.4, 0.5) is 11.4 Å².